The summed E-state index contributed by atoms with van der Waals surface area (Å²) in [6, 6.07) is 15.5. The lowest BCUT2D eigenvalue weighted by Gasteiger charge is -2.18. The third-order valence-electron chi connectivity index (χ3n) is 5.45. The van der Waals surface area contributed by atoms with Gasteiger partial charge in [-0.25, -0.2) is 17.5 Å². The molecule has 12 nitrogen and oxygen atoms in total. The van der Waals surface area contributed by atoms with E-state index < -0.39 is 39.6 Å². The van der Waals surface area contributed by atoms with E-state index in [1.165, 1.54) is 42.5 Å². The van der Waals surface area contributed by atoms with E-state index >= 15 is 0 Å². The van der Waals surface area contributed by atoms with Gasteiger partial charge in [0, 0.05) is 22.9 Å². The van der Waals surface area contributed by atoms with Crippen LogP contribution in [0.15, 0.2) is 79.1 Å². The molecular formula is C26H21ClFN7O5S. The number of carbonyl (C=O) groups excluding carboxylic acids is 3. The minimum atomic E-state index is -3.75. The molecule has 1 unspecified atom stereocenters. The molecule has 0 saturated carbocycles. The molecule has 0 bridgehead atoms. The summed E-state index contributed by atoms with van der Waals surface area (Å²) in [5, 5.41) is 16.3. The van der Waals surface area contributed by atoms with Crippen molar-refractivity contribution in [2.45, 2.75) is 6.04 Å². The number of hydrogen-bond donors (Lipinski definition) is 3. The highest BCUT2D eigenvalue weighted by Crippen LogP contribution is 2.25. The molecule has 41 heavy (non-hydrogen) atoms. The maximum absolute atomic E-state index is 14.8. The van der Waals surface area contributed by atoms with Crippen molar-refractivity contribution in [1.29, 1.82) is 0 Å². The minimum Gasteiger partial charge on any atom is -0.337 e. The summed E-state index contributed by atoms with van der Waals surface area (Å²) in [6.07, 6.45) is 4.22. The Morgan fingerprint density at radius 1 is 1.02 bits per heavy atom. The molecule has 1 aromatic heterocycles. The summed E-state index contributed by atoms with van der Waals surface area (Å²) in [6.45, 7) is 0. The van der Waals surface area contributed by atoms with Crippen LogP contribution in [0.4, 0.5) is 10.1 Å². The van der Waals surface area contributed by atoms with Crippen LogP contribution in [0.3, 0.4) is 0 Å². The highest BCUT2D eigenvalue weighted by atomic mass is 35.5. The van der Waals surface area contributed by atoms with Crippen LogP contribution in [0.5, 0.6) is 0 Å². The molecule has 3 aromatic carbocycles. The Kier molecular flexibility index (Phi) is 8.84. The quantitative estimate of drug-likeness (QED) is 0.248. The van der Waals surface area contributed by atoms with Crippen molar-refractivity contribution < 1.29 is 27.2 Å². The predicted octanol–water partition coefficient (Wildman–Crippen LogP) is 2.65. The van der Waals surface area contributed by atoms with Crippen molar-refractivity contribution in [2.24, 2.45) is 0 Å². The largest absolute Gasteiger partial charge is 0.337 e. The maximum Gasteiger partial charge on any atom is 0.264 e. The number of sulfonamides is 1. The van der Waals surface area contributed by atoms with Gasteiger partial charge in [0.25, 0.3) is 11.8 Å². The number of tetrazole rings is 1. The minimum absolute atomic E-state index is 0.0557. The van der Waals surface area contributed by atoms with Gasteiger partial charge in [0.05, 0.1) is 17.0 Å². The molecule has 0 radical (unpaired) electrons. The Balaban J connectivity index is 1.53. The molecule has 210 valence electrons. The normalized spacial score (nSPS) is 12.1. The fourth-order valence-electron chi connectivity index (χ4n) is 3.61. The molecule has 0 spiro atoms. The van der Waals surface area contributed by atoms with Gasteiger partial charge in [0.1, 0.15) is 6.04 Å². The van der Waals surface area contributed by atoms with Crippen molar-refractivity contribution in [2.75, 3.05) is 11.6 Å². The first-order chi connectivity index (χ1) is 19.5. The Morgan fingerprint density at radius 2 is 1.73 bits per heavy atom. The number of hydrogen-bond acceptors (Lipinski definition) is 8. The molecule has 0 saturated heterocycles. The molecule has 0 aliphatic rings. The number of amides is 3. The number of carbonyl (C=O) groups is 3. The van der Waals surface area contributed by atoms with Crippen LogP contribution < -0.4 is 15.4 Å². The zero-order chi connectivity index (χ0) is 29.6. The molecule has 1 atom stereocenters. The molecule has 4 aromatic rings. The second-order valence-corrected chi connectivity index (χ2v) is 10.6. The van der Waals surface area contributed by atoms with Crippen molar-refractivity contribution in [3.63, 3.8) is 0 Å². The molecule has 3 N–H and O–H groups in total. The lowest BCUT2D eigenvalue weighted by molar-refractivity contribution is -0.123. The molecule has 1 heterocycles. The van der Waals surface area contributed by atoms with Crippen LogP contribution in [0.2, 0.25) is 5.02 Å². The van der Waals surface area contributed by atoms with Gasteiger partial charge in [0.15, 0.2) is 12.1 Å². The van der Waals surface area contributed by atoms with Gasteiger partial charge in [-0.2, -0.15) is 0 Å². The number of aromatic nitrogens is 4. The van der Waals surface area contributed by atoms with E-state index in [0.29, 0.717) is 5.56 Å². The highest BCUT2D eigenvalue weighted by Gasteiger charge is 2.23. The van der Waals surface area contributed by atoms with Crippen molar-refractivity contribution >= 4 is 51.1 Å². The third-order valence-corrected chi connectivity index (χ3v) is 6.30. The SMILES string of the molecule is CS(=O)(=O)NC(=O)c1ccc(NC(=O)C(NC(=O)C=Cc2c(-n3ncnn3)ccc(Cl)c2F)c2ccccc2)cc1. The number of benzene rings is 3. The van der Waals surface area contributed by atoms with Gasteiger partial charge in [-0.15, -0.1) is 15.0 Å². The van der Waals surface area contributed by atoms with E-state index in [1.54, 1.807) is 30.3 Å². The molecule has 0 aliphatic carbocycles. The van der Waals surface area contributed by atoms with Gasteiger partial charge in [-0.3, -0.25) is 14.4 Å². The van der Waals surface area contributed by atoms with Crippen LogP contribution in [0.1, 0.15) is 27.5 Å². The van der Waals surface area contributed by atoms with Gasteiger partial charge >= 0.3 is 0 Å². The van der Waals surface area contributed by atoms with Crippen molar-refractivity contribution in [3.8, 4) is 5.69 Å². The van der Waals surface area contributed by atoms with E-state index in [0.717, 1.165) is 23.5 Å². The smallest absolute Gasteiger partial charge is 0.264 e. The van der Waals surface area contributed by atoms with Gasteiger partial charge in [0.2, 0.25) is 15.9 Å². The summed E-state index contributed by atoms with van der Waals surface area (Å²) >= 11 is 5.92. The first-order valence-electron chi connectivity index (χ1n) is 11.7. The Labute approximate surface area is 238 Å². The van der Waals surface area contributed by atoms with Crippen LogP contribution in [0.25, 0.3) is 11.8 Å². The second kappa shape index (κ2) is 12.5. The van der Waals surface area contributed by atoms with Gasteiger partial charge < -0.3 is 10.6 Å². The lowest BCUT2D eigenvalue weighted by atomic mass is 10.1. The molecule has 15 heteroatoms. The van der Waals surface area contributed by atoms with Crippen molar-refractivity contribution in [3.05, 3.63) is 107 Å². The predicted molar refractivity (Wildman–Crippen MR) is 148 cm³/mol. The number of nitrogens with zero attached hydrogens (tertiary/aromatic N) is 4. The second-order valence-electron chi connectivity index (χ2n) is 8.48. The molecular weight excluding hydrogens is 577 g/mol. The van der Waals surface area contributed by atoms with Crippen molar-refractivity contribution in [1.82, 2.24) is 30.2 Å². The summed E-state index contributed by atoms with van der Waals surface area (Å²) in [5.74, 6) is -2.98. The van der Waals surface area contributed by atoms with E-state index in [2.05, 4.69) is 26.0 Å². The molecule has 3 amide bonds. The fourth-order valence-corrected chi connectivity index (χ4v) is 4.23. The number of rotatable bonds is 9. The van der Waals surface area contributed by atoms with E-state index in [-0.39, 0.29) is 27.5 Å². The lowest BCUT2D eigenvalue weighted by Crippen LogP contribution is -2.36. The third kappa shape index (κ3) is 7.58. The van der Waals surface area contributed by atoms with E-state index in [1.807, 2.05) is 4.72 Å². The zero-order valence-electron chi connectivity index (χ0n) is 21.2. The molecule has 4 rings (SSSR count). The summed E-state index contributed by atoms with van der Waals surface area (Å²) < 4.78 is 39.3. The molecule has 0 fully saturated rings. The highest BCUT2D eigenvalue weighted by molar-refractivity contribution is 7.89. The number of anilines is 1. The standard InChI is InChI=1S/C26H21ClFN7O5S/c1-41(39,40)33-25(37)17-7-9-18(10-8-17)31-26(38)24(16-5-3-2-4-6-16)32-22(36)14-11-19-21(35-30-15-29-34-35)13-12-20(27)23(19)28/h2-15,24H,1H3,(H,31,38)(H,32,36)(H,33,37). The summed E-state index contributed by atoms with van der Waals surface area (Å²) in [7, 11) is -3.75. The summed E-state index contributed by atoms with van der Waals surface area (Å²) in [4.78, 5) is 39.2. The topological polar surface area (TPSA) is 165 Å². The number of halogens is 2. The molecule has 0 aliphatic heterocycles. The Hall–Kier alpha value is -4.95. The van der Waals surface area contributed by atoms with Gasteiger partial charge in [-0.05, 0) is 53.3 Å². The monoisotopic (exact) mass is 597 g/mol. The Bertz CT molecular complexity index is 1720. The van der Waals surface area contributed by atoms with Crippen LogP contribution in [-0.2, 0) is 19.6 Å². The van der Waals surface area contributed by atoms with Crippen LogP contribution in [0, 0.1) is 5.82 Å². The average molecular weight is 598 g/mol. The first kappa shape index (κ1) is 29.0. The van der Waals surface area contributed by atoms with Crippen LogP contribution >= 0.6 is 11.6 Å². The zero-order valence-corrected chi connectivity index (χ0v) is 22.7. The van der Waals surface area contributed by atoms with Gasteiger partial charge in [-0.1, -0.05) is 41.9 Å². The Morgan fingerprint density at radius 3 is 2.37 bits per heavy atom. The van der Waals surface area contributed by atoms with E-state index in [4.69, 9.17) is 11.6 Å². The summed E-state index contributed by atoms with van der Waals surface area (Å²) in [5.41, 5.74) is 0.894. The average Bonchev–Trinajstić information content (AvgIpc) is 3.47. The van der Waals surface area contributed by atoms with E-state index in [9.17, 15) is 27.2 Å². The number of nitrogens with one attached hydrogen (secondary N) is 3. The fraction of sp³-hybridized carbons (Fsp3) is 0.0769. The maximum atomic E-state index is 14.8. The first-order valence-corrected chi connectivity index (χ1v) is 14.0. The van der Waals surface area contributed by atoms with Crippen LogP contribution in [-0.4, -0.2) is 52.6 Å².